The van der Waals surface area contributed by atoms with Crippen molar-refractivity contribution in [2.45, 2.75) is 12.6 Å². The highest BCUT2D eigenvalue weighted by Crippen LogP contribution is 2.20. The predicted molar refractivity (Wildman–Crippen MR) is 130 cm³/mol. The van der Waals surface area contributed by atoms with Crippen LogP contribution < -0.4 is 10.6 Å². The standard InChI is InChI=1S/C24H26ClF2N5O3/c1-31(2)13-19(32(3)23(33)29-12-16-5-4-6-20(27)22(16)25)14-35-24(34)30-21-10-17-9-18(26)8-7-15(17)11-28-21/h4-11,19H,12-14H2,1-3H3,(H,29,33)(H,28,30,34)/t19-/m0/s1. The van der Waals surface area contributed by atoms with E-state index in [1.165, 1.54) is 41.4 Å². The number of pyridine rings is 1. The van der Waals surface area contributed by atoms with Crippen molar-refractivity contribution in [1.82, 2.24) is 20.1 Å². The number of hydrogen-bond donors (Lipinski definition) is 2. The number of fused-ring (bicyclic) bond motifs is 1. The topological polar surface area (TPSA) is 86.8 Å². The van der Waals surface area contributed by atoms with Gasteiger partial charge in [-0.15, -0.1) is 0 Å². The van der Waals surface area contributed by atoms with Crippen LogP contribution >= 0.6 is 11.6 Å². The number of amides is 3. The maximum absolute atomic E-state index is 13.6. The number of nitrogens with zero attached hydrogens (tertiary/aromatic N) is 3. The molecule has 1 heterocycles. The van der Waals surface area contributed by atoms with Crippen molar-refractivity contribution in [3.63, 3.8) is 0 Å². The summed E-state index contributed by atoms with van der Waals surface area (Å²) in [6.07, 6.45) is 0.750. The highest BCUT2D eigenvalue weighted by Gasteiger charge is 2.23. The van der Waals surface area contributed by atoms with Crippen molar-refractivity contribution in [2.24, 2.45) is 0 Å². The Morgan fingerprint density at radius 3 is 2.63 bits per heavy atom. The summed E-state index contributed by atoms with van der Waals surface area (Å²) in [7, 11) is 5.21. The minimum atomic E-state index is -0.766. The van der Waals surface area contributed by atoms with Gasteiger partial charge in [0, 0.05) is 31.7 Å². The zero-order valence-corrected chi connectivity index (χ0v) is 20.3. The Kier molecular flexibility index (Phi) is 8.78. The molecule has 0 saturated heterocycles. The number of hydrogen-bond acceptors (Lipinski definition) is 5. The zero-order valence-electron chi connectivity index (χ0n) is 19.5. The number of benzene rings is 2. The van der Waals surface area contributed by atoms with Gasteiger partial charge >= 0.3 is 12.1 Å². The van der Waals surface area contributed by atoms with Crippen LogP contribution in [0.1, 0.15) is 5.56 Å². The van der Waals surface area contributed by atoms with Crippen LogP contribution in [0.4, 0.5) is 24.2 Å². The average Bonchev–Trinajstić information content (AvgIpc) is 2.81. The number of rotatable bonds is 8. The van der Waals surface area contributed by atoms with Gasteiger partial charge in [0.2, 0.25) is 0 Å². The van der Waals surface area contributed by atoms with E-state index in [0.717, 1.165) is 5.39 Å². The molecule has 0 spiro atoms. The SMILES string of the molecule is CN(C)C[C@@H](COC(=O)Nc1cc2cc(F)ccc2cn1)N(C)C(=O)NCc1cccc(F)c1Cl. The summed E-state index contributed by atoms with van der Waals surface area (Å²) >= 11 is 5.94. The summed E-state index contributed by atoms with van der Waals surface area (Å²) in [4.78, 5) is 32.4. The molecule has 3 aromatic rings. The third kappa shape index (κ3) is 7.24. The van der Waals surface area contributed by atoms with Gasteiger partial charge in [-0.1, -0.05) is 23.7 Å². The lowest BCUT2D eigenvalue weighted by Crippen LogP contribution is -2.50. The number of halogens is 3. The quantitative estimate of drug-likeness (QED) is 0.471. The third-order valence-corrected chi connectivity index (χ3v) is 5.65. The molecule has 35 heavy (non-hydrogen) atoms. The molecule has 0 fully saturated rings. The zero-order chi connectivity index (χ0) is 25.5. The number of likely N-dealkylation sites (N-methyl/N-ethyl adjacent to an activating group) is 2. The van der Waals surface area contributed by atoms with E-state index < -0.39 is 29.8 Å². The van der Waals surface area contributed by atoms with E-state index in [-0.39, 0.29) is 24.0 Å². The molecule has 8 nitrogen and oxygen atoms in total. The Bertz CT molecular complexity index is 1210. The van der Waals surface area contributed by atoms with Crippen LogP contribution in [0.3, 0.4) is 0 Å². The molecule has 2 aromatic carbocycles. The number of ether oxygens (including phenoxy) is 1. The fourth-order valence-corrected chi connectivity index (χ4v) is 3.54. The second-order valence-electron chi connectivity index (χ2n) is 8.18. The summed E-state index contributed by atoms with van der Waals surface area (Å²) in [5.41, 5.74) is 0.441. The molecule has 1 aromatic heterocycles. The Morgan fingerprint density at radius 2 is 1.89 bits per heavy atom. The van der Waals surface area contributed by atoms with E-state index in [1.807, 2.05) is 19.0 Å². The van der Waals surface area contributed by atoms with Gasteiger partial charge in [0.25, 0.3) is 0 Å². The van der Waals surface area contributed by atoms with Crippen molar-refractivity contribution in [2.75, 3.05) is 39.6 Å². The highest BCUT2D eigenvalue weighted by atomic mass is 35.5. The normalized spacial score (nSPS) is 11.9. The fraction of sp³-hybridized carbons (Fsp3) is 0.292. The summed E-state index contributed by atoms with van der Waals surface area (Å²) in [6.45, 7) is 0.340. The largest absolute Gasteiger partial charge is 0.447 e. The Morgan fingerprint density at radius 1 is 1.11 bits per heavy atom. The molecule has 0 aliphatic heterocycles. The summed E-state index contributed by atoms with van der Waals surface area (Å²) in [5, 5.41) is 6.46. The molecule has 0 saturated carbocycles. The molecular formula is C24H26ClF2N5O3. The molecule has 0 unspecified atom stereocenters. The molecule has 0 aliphatic rings. The van der Waals surface area contributed by atoms with Gasteiger partial charge < -0.3 is 19.9 Å². The first-order valence-corrected chi connectivity index (χ1v) is 11.1. The Labute approximate surface area is 206 Å². The molecule has 3 rings (SSSR count). The van der Waals surface area contributed by atoms with Crippen LogP contribution in [0.25, 0.3) is 10.8 Å². The lowest BCUT2D eigenvalue weighted by molar-refractivity contribution is 0.105. The van der Waals surface area contributed by atoms with E-state index in [1.54, 1.807) is 19.2 Å². The molecule has 11 heteroatoms. The third-order valence-electron chi connectivity index (χ3n) is 5.23. The van der Waals surface area contributed by atoms with Crippen molar-refractivity contribution in [3.05, 3.63) is 70.9 Å². The second-order valence-corrected chi connectivity index (χ2v) is 8.56. The van der Waals surface area contributed by atoms with Crippen LogP contribution in [0, 0.1) is 11.6 Å². The van der Waals surface area contributed by atoms with Crippen LogP contribution in [-0.4, -0.2) is 67.2 Å². The number of anilines is 1. The number of carbonyl (C=O) groups excluding carboxylic acids is 2. The summed E-state index contributed by atoms with van der Waals surface area (Å²) < 4.78 is 32.4. The Balaban J connectivity index is 1.58. The number of urea groups is 1. The number of nitrogens with one attached hydrogen (secondary N) is 2. The van der Waals surface area contributed by atoms with Crippen molar-refractivity contribution in [1.29, 1.82) is 0 Å². The van der Waals surface area contributed by atoms with Gasteiger partial charge in [-0.25, -0.2) is 23.4 Å². The summed E-state index contributed by atoms with van der Waals surface area (Å²) in [5.74, 6) is -0.761. The average molecular weight is 506 g/mol. The smallest absolute Gasteiger partial charge is 0.412 e. The van der Waals surface area contributed by atoms with Crippen molar-refractivity contribution >= 4 is 40.3 Å². The molecule has 0 aliphatic carbocycles. The second kappa shape index (κ2) is 11.8. The molecule has 1 atom stereocenters. The maximum atomic E-state index is 13.6. The predicted octanol–water partition coefficient (Wildman–Crippen LogP) is 4.49. The number of carbonyl (C=O) groups is 2. The first-order chi connectivity index (χ1) is 16.6. The van der Waals surface area contributed by atoms with Crippen molar-refractivity contribution in [3.8, 4) is 0 Å². The van der Waals surface area contributed by atoms with Crippen LogP contribution in [-0.2, 0) is 11.3 Å². The van der Waals surface area contributed by atoms with Gasteiger partial charge in [-0.2, -0.15) is 0 Å². The first-order valence-electron chi connectivity index (χ1n) is 10.7. The van der Waals surface area contributed by atoms with Gasteiger partial charge in [-0.05, 0) is 55.4 Å². The fourth-order valence-electron chi connectivity index (χ4n) is 3.35. The minimum absolute atomic E-state index is 0.0318. The summed E-state index contributed by atoms with van der Waals surface area (Å²) in [6, 6.07) is 9.22. The van der Waals surface area contributed by atoms with Gasteiger partial charge in [0.05, 0.1) is 11.1 Å². The monoisotopic (exact) mass is 505 g/mol. The van der Waals surface area contributed by atoms with Gasteiger partial charge in [0.1, 0.15) is 24.1 Å². The minimum Gasteiger partial charge on any atom is -0.447 e. The Hall–Kier alpha value is -3.50. The van der Waals surface area contributed by atoms with E-state index >= 15 is 0 Å². The molecule has 0 radical (unpaired) electrons. The molecular weight excluding hydrogens is 480 g/mol. The van der Waals surface area contributed by atoms with Gasteiger partial charge in [0.15, 0.2) is 0 Å². The lowest BCUT2D eigenvalue weighted by Gasteiger charge is -2.30. The van der Waals surface area contributed by atoms with E-state index in [4.69, 9.17) is 16.3 Å². The van der Waals surface area contributed by atoms with Gasteiger partial charge in [-0.3, -0.25) is 5.32 Å². The molecule has 186 valence electrons. The maximum Gasteiger partial charge on any atom is 0.412 e. The highest BCUT2D eigenvalue weighted by molar-refractivity contribution is 6.31. The first kappa shape index (κ1) is 26.1. The van der Waals surface area contributed by atoms with Crippen LogP contribution in [0.5, 0.6) is 0 Å². The molecule has 0 bridgehead atoms. The lowest BCUT2D eigenvalue weighted by atomic mass is 10.2. The molecule has 3 amide bonds. The van der Waals surface area contributed by atoms with E-state index in [9.17, 15) is 18.4 Å². The van der Waals surface area contributed by atoms with E-state index in [2.05, 4.69) is 15.6 Å². The van der Waals surface area contributed by atoms with Crippen molar-refractivity contribution < 1.29 is 23.1 Å². The van der Waals surface area contributed by atoms with E-state index in [0.29, 0.717) is 17.5 Å². The van der Waals surface area contributed by atoms with Crippen LogP contribution in [0.2, 0.25) is 5.02 Å². The van der Waals surface area contributed by atoms with Crippen LogP contribution in [0.15, 0.2) is 48.7 Å². The number of aromatic nitrogens is 1. The molecule has 2 N–H and O–H groups in total.